The lowest BCUT2D eigenvalue weighted by Crippen LogP contribution is -2.15. The fraction of sp³-hybridized carbons (Fsp3) is 0.0566. The van der Waals surface area contributed by atoms with Crippen LogP contribution in [0.3, 0.4) is 0 Å². The van der Waals surface area contributed by atoms with Crippen molar-refractivity contribution >= 4 is 38.6 Å². The lowest BCUT2D eigenvalue weighted by atomic mass is 9.82. The molecule has 0 atom stereocenters. The van der Waals surface area contributed by atoms with Gasteiger partial charge in [0.25, 0.3) is 0 Å². The normalized spacial score (nSPS) is 12.8. The summed E-state index contributed by atoms with van der Waals surface area (Å²) in [5, 5.41) is 5.07. The average Bonchev–Trinajstić information content (AvgIpc) is 3.45. The van der Waals surface area contributed by atoms with Crippen molar-refractivity contribution in [3.8, 4) is 44.5 Å². The lowest BCUT2D eigenvalue weighted by molar-refractivity contribution is 0.661. The van der Waals surface area contributed by atoms with E-state index in [-0.39, 0.29) is 5.41 Å². The Hall–Kier alpha value is -6.70. The van der Waals surface area contributed by atoms with Crippen LogP contribution in [0.2, 0.25) is 0 Å². The van der Waals surface area contributed by atoms with E-state index < -0.39 is 0 Å². The van der Waals surface area contributed by atoms with Crippen molar-refractivity contribution in [1.29, 1.82) is 0 Å². The molecule has 1 heteroatoms. The molecule has 0 radical (unpaired) electrons. The van der Waals surface area contributed by atoms with Gasteiger partial charge in [-0.15, -0.1) is 0 Å². The molecule has 0 heterocycles. The second kappa shape index (κ2) is 12.8. The molecule has 0 aromatic heterocycles. The van der Waals surface area contributed by atoms with E-state index in [1.807, 2.05) is 0 Å². The highest BCUT2D eigenvalue weighted by Gasteiger charge is 2.36. The van der Waals surface area contributed by atoms with Crippen LogP contribution in [0, 0.1) is 0 Å². The van der Waals surface area contributed by atoms with E-state index in [9.17, 15) is 0 Å². The van der Waals surface area contributed by atoms with Crippen molar-refractivity contribution in [2.75, 3.05) is 4.90 Å². The first-order valence-electron chi connectivity index (χ1n) is 18.8. The topological polar surface area (TPSA) is 3.24 Å². The predicted molar refractivity (Wildman–Crippen MR) is 230 cm³/mol. The van der Waals surface area contributed by atoms with Gasteiger partial charge in [0.05, 0.1) is 5.69 Å². The summed E-state index contributed by atoms with van der Waals surface area (Å²) in [6.45, 7) is 4.73. The van der Waals surface area contributed by atoms with Crippen LogP contribution in [-0.2, 0) is 5.41 Å². The first kappa shape index (κ1) is 32.0. The third kappa shape index (κ3) is 5.32. The molecular weight excluding hydrogens is 651 g/mol. The largest absolute Gasteiger partial charge is 0.310 e. The summed E-state index contributed by atoms with van der Waals surface area (Å²) >= 11 is 0. The van der Waals surface area contributed by atoms with Crippen LogP contribution in [0.25, 0.3) is 66.1 Å². The number of nitrogens with zero attached hydrogens (tertiary/aromatic N) is 1. The zero-order chi connectivity index (χ0) is 36.2. The zero-order valence-corrected chi connectivity index (χ0v) is 30.5. The van der Waals surface area contributed by atoms with Crippen molar-refractivity contribution in [3.05, 3.63) is 211 Å². The molecule has 1 nitrogen and oxygen atoms in total. The molecule has 0 fully saturated rings. The van der Waals surface area contributed by atoms with Crippen LogP contribution in [0.1, 0.15) is 25.0 Å². The Labute approximate surface area is 317 Å². The minimum absolute atomic E-state index is 0.105. The molecule has 0 N–H and O–H groups in total. The smallest absolute Gasteiger partial charge is 0.0540 e. The molecule has 0 bridgehead atoms. The Morgan fingerprint density at radius 2 is 0.870 bits per heavy atom. The van der Waals surface area contributed by atoms with Gasteiger partial charge in [0.15, 0.2) is 0 Å². The van der Waals surface area contributed by atoms with E-state index in [1.165, 1.54) is 77.2 Å². The second-order valence-electron chi connectivity index (χ2n) is 15.0. The van der Waals surface area contributed by atoms with Crippen molar-refractivity contribution in [3.63, 3.8) is 0 Å². The summed E-state index contributed by atoms with van der Waals surface area (Å²) in [5.74, 6) is 0. The molecule has 0 spiro atoms. The summed E-state index contributed by atoms with van der Waals surface area (Å²) in [6, 6.07) is 73.5. The van der Waals surface area contributed by atoms with Gasteiger partial charge in [-0.2, -0.15) is 0 Å². The summed E-state index contributed by atoms with van der Waals surface area (Å²) < 4.78 is 0. The Morgan fingerprint density at radius 3 is 1.63 bits per heavy atom. The SMILES string of the molecule is CC1(C)c2ccc(N(c3ccc(-c4ccc5ccccc5c4)cc3)c3ccccc3-c3ccccc3-c3ccccc3)cc2-c2cc3ccccc3cc21. The van der Waals surface area contributed by atoms with Crippen molar-refractivity contribution < 1.29 is 0 Å². The van der Waals surface area contributed by atoms with Gasteiger partial charge in [-0.1, -0.05) is 166 Å². The van der Waals surface area contributed by atoms with Gasteiger partial charge in [0.1, 0.15) is 0 Å². The van der Waals surface area contributed by atoms with Crippen LogP contribution >= 0.6 is 0 Å². The molecule has 54 heavy (non-hydrogen) atoms. The molecule has 256 valence electrons. The average molecular weight is 690 g/mol. The molecule has 10 rings (SSSR count). The molecular formula is C53H39N. The van der Waals surface area contributed by atoms with E-state index in [2.05, 4.69) is 219 Å². The maximum atomic E-state index is 2.45. The van der Waals surface area contributed by atoms with Gasteiger partial charge in [0, 0.05) is 22.4 Å². The van der Waals surface area contributed by atoms with Crippen LogP contribution in [0.15, 0.2) is 200 Å². The van der Waals surface area contributed by atoms with Gasteiger partial charge in [0.2, 0.25) is 0 Å². The van der Waals surface area contributed by atoms with Gasteiger partial charge in [-0.25, -0.2) is 0 Å². The number of benzene rings is 9. The Bertz CT molecular complexity index is 2850. The molecule has 0 saturated heterocycles. The third-order valence-corrected chi connectivity index (χ3v) is 11.4. The third-order valence-electron chi connectivity index (χ3n) is 11.4. The monoisotopic (exact) mass is 689 g/mol. The molecule has 0 unspecified atom stereocenters. The van der Waals surface area contributed by atoms with E-state index in [0.29, 0.717) is 0 Å². The number of anilines is 3. The number of hydrogen-bond donors (Lipinski definition) is 0. The molecule has 0 aliphatic heterocycles. The zero-order valence-electron chi connectivity index (χ0n) is 30.5. The minimum Gasteiger partial charge on any atom is -0.310 e. The summed E-state index contributed by atoms with van der Waals surface area (Å²) in [5.41, 5.74) is 15.9. The van der Waals surface area contributed by atoms with Crippen molar-refractivity contribution in [1.82, 2.24) is 0 Å². The van der Waals surface area contributed by atoms with Gasteiger partial charge >= 0.3 is 0 Å². The standard InChI is InChI=1S/C53H39N/c1-53(2)50-31-30-44(35-49(50)48-33-40-18-8-9-19-41(40)34-51(48)53)54(43-28-26-37(27-29-43)42-25-24-36-14-6-7-17-39(36)32-42)52-23-13-12-22-47(52)46-21-11-10-20-45(46)38-15-4-3-5-16-38/h3-35H,1-2H3. The van der Waals surface area contributed by atoms with Crippen molar-refractivity contribution in [2.45, 2.75) is 19.3 Å². The van der Waals surface area contributed by atoms with Crippen LogP contribution in [-0.4, -0.2) is 0 Å². The fourth-order valence-electron chi connectivity index (χ4n) is 8.65. The fourth-order valence-corrected chi connectivity index (χ4v) is 8.65. The van der Waals surface area contributed by atoms with Crippen LogP contribution in [0.5, 0.6) is 0 Å². The van der Waals surface area contributed by atoms with E-state index in [1.54, 1.807) is 0 Å². The summed E-state index contributed by atoms with van der Waals surface area (Å²) in [6.07, 6.45) is 0. The Kier molecular flexibility index (Phi) is 7.56. The number of rotatable bonds is 6. The highest BCUT2D eigenvalue weighted by Crippen LogP contribution is 2.52. The first-order valence-corrected chi connectivity index (χ1v) is 18.8. The van der Waals surface area contributed by atoms with E-state index in [4.69, 9.17) is 0 Å². The predicted octanol–water partition coefficient (Wildman–Crippen LogP) is 14.8. The molecule has 0 saturated carbocycles. The van der Waals surface area contributed by atoms with Crippen LogP contribution in [0.4, 0.5) is 17.1 Å². The molecule has 9 aromatic carbocycles. The van der Waals surface area contributed by atoms with Crippen molar-refractivity contribution in [2.24, 2.45) is 0 Å². The summed E-state index contributed by atoms with van der Waals surface area (Å²) in [7, 11) is 0. The Morgan fingerprint density at radius 1 is 0.315 bits per heavy atom. The van der Waals surface area contributed by atoms with Gasteiger partial charge < -0.3 is 4.90 Å². The number of para-hydroxylation sites is 1. The quantitative estimate of drug-likeness (QED) is 0.168. The number of hydrogen-bond acceptors (Lipinski definition) is 1. The highest BCUT2D eigenvalue weighted by molar-refractivity contribution is 5.98. The van der Waals surface area contributed by atoms with Gasteiger partial charge in [-0.05, 0) is 120 Å². The lowest BCUT2D eigenvalue weighted by Gasteiger charge is -2.29. The highest BCUT2D eigenvalue weighted by atomic mass is 15.1. The summed E-state index contributed by atoms with van der Waals surface area (Å²) in [4.78, 5) is 2.45. The number of fused-ring (bicyclic) bond motifs is 5. The molecule has 1 aliphatic rings. The van der Waals surface area contributed by atoms with E-state index in [0.717, 1.165) is 17.1 Å². The van der Waals surface area contributed by atoms with E-state index >= 15 is 0 Å². The first-order chi connectivity index (χ1) is 26.5. The molecule has 9 aromatic rings. The maximum absolute atomic E-state index is 2.45. The molecule has 0 amide bonds. The Balaban J connectivity index is 1.17. The maximum Gasteiger partial charge on any atom is 0.0540 e. The van der Waals surface area contributed by atoms with Gasteiger partial charge in [-0.3, -0.25) is 0 Å². The molecule has 1 aliphatic carbocycles. The minimum atomic E-state index is -0.105. The van der Waals surface area contributed by atoms with Crippen LogP contribution < -0.4 is 4.90 Å². The second-order valence-corrected chi connectivity index (χ2v) is 15.0.